The van der Waals surface area contributed by atoms with Crippen LogP contribution < -0.4 is 10.1 Å². The van der Waals surface area contributed by atoms with Gasteiger partial charge in [0, 0.05) is 19.2 Å². The average Bonchev–Trinajstić information content (AvgIpc) is 2.83. The van der Waals surface area contributed by atoms with Crippen molar-refractivity contribution < 1.29 is 9.53 Å². The summed E-state index contributed by atoms with van der Waals surface area (Å²) in [6.07, 6.45) is 10.7. The molecule has 8 nitrogen and oxygen atoms in total. The molecule has 4 rings (SSSR count). The molecule has 31 heavy (non-hydrogen) atoms. The lowest BCUT2D eigenvalue weighted by Gasteiger charge is -2.35. The van der Waals surface area contributed by atoms with Gasteiger partial charge in [-0.1, -0.05) is 12.1 Å². The zero-order valence-corrected chi connectivity index (χ0v) is 17.6. The van der Waals surface area contributed by atoms with Gasteiger partial charge in [0.05, 0.1) is 36.9 Å². The first-order chi connectivity index (χ1) is 15.2. The van der Waals surface area contributed by atoms with Crippen LogP contribution in [0.1, 0.15) is 43.0 Å². The molecule has 1 atom stereocenters. The molecule has 1 aliphatic heterocycles. The minimum absolute atomic E-state index is 0.0345. The van der Waals surface area contributed by atoms with Crippen LogP contribution in [-0.2, 0) is 11.2 Å². The Kier molecular flexibility index (Phi) is 6.66. The summed E-state index contributed by atoms with van der Waals surface area (Å²) in [7, 11) is 1.65. The van der Waals surface area contributed by atoms with Gasteiger partial charge in [-0.15, -0.1) is 0 Å². The number of piperidine rings is 1. The molecule has 1 saturated heterocycles. The van der Waals surface area contributed by atoms with E-state index in [0.29, 0.717) is 18.8 Å². The summed E-state index contributed by atoms with van der Waals surface area (Å²) in [4.78, 5) is 32.0. The molecule has 1 aliphatic rings. The molecular weight excluding hydrogens is 392 g/mol. The summed E-state index contributed by atoms with van der Waals surface area (Å²) in [5, 5.41) is 3.12. The van der Waals surface area contributed by atoms with Gasteiger partial charge in [-0.25, -0.2) is 19.9 Å². The highest BCUT2D eigenvalue weighted by atomic mass is 16.5. The van der Waals surface area contributed by atoms with Gasteiger partial charge in [-0.05, 0) is 49.4 Å². The lowest BCUT2D eigenvalue weighted by molar-refractivity contribution is -0.135. The molecule has 8 heteroatoms. The molecule has 1 fully saturated rings. The molecule has 1 aromatic carbocycles. The first kappa shape index (κ1) is 20.7. The summed E-state index contributed by atoms with van der Waals surface area (Å²) in [6, 6.07) is 9.73. The third-order valence-electron chi connectivity index (χ3n) is 5.44. The van der Waals surface area contributed by atoms with Crippen LogP contribution in [0.5, 0.6) is 5.75 Å². The molecule has 0 spiro atoms. The summed E-state index contributed by atoms with van der Waals surface area (Å²) in [5.41, 5.74) is 2.70. The number of carbonyl (C=O) groups excluding carboxylic acids is 1. The number of ether oxygens (including phenoxy) is 1. The number of nitrogens with zero attached hydrogens (tertiary/aromatic N) is 5. The lowest BCUT2D eigenvalue weighted by atomic mass is 9.98. The monoisotopic (exact) mass is 418 g/mol. The maximum atomic E-state index is 13.1. The van der Waals surface area contributed by atoms with Crippen molar-refractivity contribution in [3.05, 3.63) is 66.5 Å². The van der Waals surface area contributed by atoms with Gasteiger partial charge in [-0.3, -0.25) is 4.79 Å². The zero-order chi connectivity index (χ0) is 21.5. The Morgan fingerprint density at radius 3 is 2.74 bits per heavy atom. The fraction of sp³-hybridized carbons (Fsp3) is 0.348. The summed E-state index contributed by atoms with van der Waals surface area (Å²) in [5.74, 6) is 1.45. The molecule has 3 aromatic rings. The second kappa shape index (κ2) is 9.97. The van der Waals surface area contributed by atoms with Crippen LogP contribution in [0.3, 0.4) is 0 Å². The molecular formula is C23H26N6O2. The predicted octanol–water partition coefficient (Wildman–Crippen LogP) is 3.71. The number of methoxy groups -OCH3 is 1. The van der Waals surface area contributed by atoms with Crippen molar-refractivity contribution in [1.82, 2.24) is 24.8 Å². The van der Waals surface area contributed by atoms with Crippen molar-refractivity contribution in [2.45, 2.75) is 38.1 Å². The molecule has 2 aromatic heterocycles. The normalized spacial score (nSPS) is 16.0. The van der Waals surface area contributed by atoms with Crippen molar-refractivity contribution in [2.75, 3.05) is 19.0 Å². The van der Waals surface area contributed by atoms with E-state index in [1.54, 1.807) is 25.7 Å². The van der Waals surface area contributed by atoms with E-state index in [1.807, 2.05) is 35.2 Å². The number of hydrogen-bond donors (Lipinski definition) is 1. The summed E-state index contributed by atoms with van der Waals surface area (Å²) >= 11 is 0. The molecule has 0 unspecified atom stereocenters. The van der Waals surface area contributed by atoms with Gasteiger partial charge in [0.25, 0.3) is 0 Å². The first-order valence-electron chi connectivity index (χ1n) is 10.5. The molecule has 0 bridgehead atoms. The number of amides is 1. The quantitative estimate of drug-likeness (QED) is 0.625. The van der Waals surface area contributed by atoms with E-state index >= 15 is 0 Å². The molecule has 3 heterocycles. The van der Waals surface area contributed by atoms with Crippen LogP contribution in [0.25, 0.3) is 0 Å². The smallest absolute Gasteiger partial charge is 0.227 e. The first-order valence-corrected chi connectivity index (χ1v) is 10.5. The van der Waals surface area contributed by atoms with Crippen LogP contribution in [-0.4, -0.2) is 44.4 Å². The number of aromatic nitrogens is 4. The number of rotatable bonds is 7. The summed E-state index contributed by atoms with van der Waals surface area (Å²) in [6.45, 7) is 0.755. The van der Waals surface area contributed by atoms with Crippen molar-refractivity contribution in [1.29, 1.82) is 0 Å². The van der Waals surface area contributed by atoms with Gasteiger partial charge in [0.2, 0.25) is 11.9 Å². The van der Waals surface area contributed by atoms with E-state index < -0.39 is 0 Å². The Bertz CT molecular complexity index is 996. The van der Waals surface area contributed by atoms with E-state index in [9.17, 15) is 4.79 Å². The van der Waals surface area contributed by atoms with Crippen molar-refractivity contribution >= 4 is 17.5 Å². The third kappa shape index (κ3) is 5.33. The van der Waals surface area contributed by atoms with Crippen LogP contribution in [0.4, 0.5) is 11.6 Å². The maximum Gasteiger partial charge on any atom is 0.227 e. The molecule has 0 aliphatic carbocycles. The second-order valence-electron chi connectivity index (χ2n) is 7.50. The Balaban J connectivity index is 1.44. The van der Waals surface area contributed by atoms with Gasteiger partial charge in [0.15, 0.2) is 0 Å². The van der Waals surface area contributed by atoms with E-state index in [1.165, 1.54) is 6.33 Å². The molecule has 0 saturated carbocycles. The van der Waals surface area contributed by atoms with E-state index in [0.717, 1.165) is 48.5 Å². The second-order valence-corrected chi connectivity index (χ2v) is 7.50. The standard InChI is InChI=1S/C23H26N6O2/c1-31-19-8-5-17(6-9-19)7-10-22(30)29-13-3-2-4-21(29)20-11-12-26-23(28-20)27-18-14-24-16-25-15-18/h5-6,8-9,11-12,14-16,21H,2-4,7,10,13H2,1H3,(H,26,27,28)/t21-/m0/s1. The van der Waals surface area contributed by atoms with Gasteiger partial charge < -0.3 is 15.0 Å². The Morgan fingerprint density at radius 1 is 1.16 bits per heavy atom. The minimum Gasteiger partial charge on any atom is -0.497 e. The van der Waals surface area contributed by atoms with Crippen LogP contribution in [0.2, 0.25) is 0 Å². The number of aryl methyl sites for hydroxylation is 1. The van der Waals surface area contributed by atoms with Crippen LogP contribution in [0.15, 0.2) is 55.2 Å². The molecule has 160 valence electrons. The number of likely N-dealkylation sites (tertiary alicyclic amines) is 1. The van der Waals surface area contributed by atoms with Gasteiger partial charge in [-0.2, -0.15) is 0 Å². The highest BCUT2D eigenvalue weighted by Gasteiger charge is 2.29. The molecule has 1 amide bonds. The fourth-order valence-corrected chi connectivity index (χ4v) is 3.84. The number of anilines is 2. The van der Waals surface area contributed by atoms with Crippen LogP contribution in [0, 0.1) is 0 Å². The van der Waals surface area contributed by atoms with Crippen LogP contribution >= 0.6 is 0 Å². The molecule has 0 radical (unpaired) electrons. The zero-order valence-electron chi connectivity index (χ0n) is 17.6. The predicted molar refractivity (Wildman–Crippen MR) is 117 cm³/mol. The maximum absolute atomic E-state index is 13.1. The van der Waals surface area contributed by atoms with Crippen molar-refractivity contribution in [2.24, 2.45) is 0 Å². The topological polar surface area (TPSA) is 93.1 Å². The van der Waals surface area contributed by atoms with E-state index in [4.69, 9.17) is 4.74 Å². The van der Waals surface area contributed by atoms with E-state index in [2.05, 4.69) is 25.3 Å². The fourth-order valence-electron chi connectivity index (χ4n) is 3.84. The highest BCUT2D eigenvalue weighted by molar-refractivity contribution is 5.77. The summed E-state index contributed by atoms with van der Waals surface area (Å²) < 4.78 is 5.20. The number of carbonyl (C=O) groups is 1. The number of benzene rings is 1. The van der Waals surface area contributed by atoms with Gasteiger partial charge in [0.1, 0.15) is 12.1 Å². The SMILES string of the molecule is COc1ccc(CCC(=O)N2CCCC[C@H]2c2ccnc(Nc3cncnc3)n2)cc1. The Hall–Kier alpha value is -3.55. The van der Waals surface area contributed by atoms with E-state index in [-0.39, 0.29) is 11.9 Å². The highest BCUT2D eigenvalue weighted by Crippen LogP contribution is 2.31. The minimum atomic E-state index is -0.0345. The van der Waals surface area contributed by atoms with Crippen molar-refractivity contribution in [3.63, 3.8) is 0 Å². The number of nitrogens with one attached hydrogen (secondary N) is 1. The Morgan fingerprint density at radius 2 is 1.97 bits per heavy atom. The largest absolute Gasteiger partial charge is 0.497 e. The Labute approximate surface area is 181 Å². The number of hydrogen-bond acceptors (Lipinski definition) is 7. The molecule has 1 N–H and O–H groups in total. The third-order valence-corrected chi connectivity index (χ3v) is 5.44. The van der Waals surface area contributed by atoms with Crippen molar-refractivity contribution in [3.8, 4) is 5.75 Å². The average molecular weight is 419 g/mol. The van der Waals surface area contributed by atoms with Gasteiger partial charge >= 0.3 is 0 Å². The lowest BCUT2D eigenvalue weighted by Crippen LogP contribution is -2.39.